The first kappa shape index (κ1) is 41.5. The zero-order valence-electron chi connectivity index (χ0n) is 28.0. The number of hydrogen-bond acceptors (Lipinski definition) is 3. The maximum absolute atomic E-state index is 11.9. The number of rotatable bonds is 13. The van der Waals surface area contributed by atoms with E-state index in [2.05, 4.69) is 109 Å². The summed E-state index contributed by atoms with van der Waals surface area (Å²) < 4.78 is 28.8. The van der Waals surface area contributed by atoms with Crippen LogP contribution in [0.5, 0.6) is 0 Å². The maximum atomic E-state index is 11.9. The van der Waals surface area contributed by atoms with Crippen LogP contribution in [-0.2, 0) is 25.1 Å². The van der Waals surface area contributed by atoms with E-state index in [1.807, 2.05) is 0 Å². The Balaban J connectivity index is 0.000000695. The van der Waals surface area contributed by atoms with Gasteiger partial charge in [-0.3, -0.25) is 4.18 Å². The zero-order valence-corrected chi connectivity index (χ0v) is 32.3. The van der Waals surface area contributed by atoms with E-state index in [9.17, 15) is 8.42 Å². The van der Waals surface area contributed by atoms with Gasteiger partial charge in [-0.15, -0.1) is 0 Å². The van der Waals surface area contributed by atoms with Gasteiger partial charge >= 0.3 is 0 Å². The molecule has 0 fully saturated rings. The number of hydrogen-bond donors (Lipinski definition) is 0. The molecule has 0 saturated heterocycles. The van der Waals surface area contributed by atoms with E-state index in [1.54, 1.807) is 30.3 Å². The van der Waals surface area contributed by atoms with Crippen molar-refractivity contribution >= 4 is 36.3 Å². The largest absolute Gasteiger partial charge is 0.296 e. The standard InChI is InChI=1S/C18H30O3S.2C10H14.Bi/c1-2-3-4-5-6-7-8-9-10-14-17-21-22(19,20)18-15-12-11-13-16-18;2*1-10(2,3)9-7-5-4-6-8-9;/h11-13,15-16H,2-10,14,17H2,1H3;2*4-8H,1-3H3;. The quantitative estimate of drug-likeness (QED) is 0.0982. The van der Waals surface area contributed by atoms with Gasteiger partial charge < -0.3 is 0 Å². The monoisotopic (exact) mass is 803 g/mol. The van der Waals surface area contributed by atoms with E-state index in [4.69, 9.17) is 4.18 Å². The van der Waals surface area contributed by atoms with Crippen LogP contribution in [0.25, 0.3) is 0 Å². The van der Waals surface area contributed by atoms with Gasteiger partial charge in [0.2, 0.25) is 0 Å². The molecular weight excluding hydrogens is 745 g/mol. The Hall–Kier alpha value is -1.55. The molecule has 0 aliphatic carbocycles. The summed E-state index contributed by atoms with van der Waals surface area (Å²) >= 11 is 0. The van der Waals surface area contributed by atoms with Crippen molar-refractivity contribution in [1.29, 1.82) is 0 Å². The Bertz CT molecular complexity index is 1100. The molecule has 0 unspecified atom stereocenters. The minimum absolute atomic E-state index is 0. The molecule has 43 heavy (non-hydrogen) atoms. The summed E-state index contributed by atoms with van der Waals surface area (Å²) in [7, 11) is -3.57. The van der Waals surface area contributed by atoms with E-state index in [0.29, 0.717) is 10.8 Å². The molecule has 0 aliphatic heterocycles. The summed E-state index contributed by atoms with van der Waals surface area (Å²) in [5.74, 6) is 0. The molecule has 0 saturated carbocycles. The van der Waals surface area contributed by atoms with Gasteiger partial charge in [0.05, 0.1) is 11.5 Å². The molecule has 0 aromatic heterocycles. The predicted molar refractivity (Wildman–Crippen MR) is 187 cm³/mol. The molecule has 3 nitrogen and oxygen atoms in total. The molecule has 0 aliphatic rings. The normalized spacial score (nSPS) is 11.3. The number of unbranched alkanes of at least 4 members (excludes halogenated alkanes) is 9. The maximum Gasteiger partial charge on any atom is 0.296 e. The topological polar surface area (TPSA) is 43.4 Å². The van der Waals surface area contributed by atoms with Crippen LogP contribution in [0.3, 0.4) is 0 Å². The molecule has 239 valence electrons. The fourth-order valence-electron chi connectivity index (χ4n) is 4.29. The van der Waals surface area contributed by atoms with Crippen molar-refractivity contribution in [1.82, 2.24) is 0 Å². The van der Waals surface area contributed by atoms with Crippen LogP contribution in [0.2, 0.25) is 0 Å². The van der Waals surface area contributed by atoms with Crippen molar-refractivity contribution in [3.05, 3.63) is 102 Å². The van der Waals surface area contributed by atoms with E-state index in [1.165, 1.54) is 62.5 Å². The van der Waals surface area contributed by atoms with Gasteiger partial charge in [-0.05, 0) is 40.5 Å². The Labute approximate surface area is 284 Å². The minimum Gasteiger partial charge on any atom is -0.266 e. The minimum atomic E-state index is -3.57. The smallest absolute Gasteiger partial charge is 0.266 e. The Kier molecular flexibility index (Phi) is 22.1. The molecule has 0 bridgehead atoms. The molecular formula is C38H58BiO3S. The molecule has 3 aromatic carbocycles. The second kappa shape index (κ2) is 22.9. The molecule has 3 radical (unpaired) electrons. The summed E-state index contributed by atoms with van der Waals surface area (Å²) in [5.41, 5.74) is 3.38. The first-order valence-electron chi connectivity index (χ1n) is 15.9. The Morgan fingerprint density at radius 2 is 0.837 bits per heavy atom. The Morgan fingerprint density at radius 3 is 1.16 bits per heavy atom. The molecule has 3 rings (SSSR count). The molecule has 0 N–H and O–H groups in total. The summed E-state index contributed by atoms with van der Waals surface area (Å²) in [5, 5.41) is 0. The van der Waals surface area contributed by atoms with Crippen molar-refractivity contribution in [3.63, 3.8) is 0 Å². The van der Waals surface area contributed by atoms with Gasteiger partial charge in [0.25, 0.3) is 10.1 Å². The third-order valence-electron chi connectivity index (χ3n) is 7.05. The van der Waals surface area contributed by atoms with Gasteiger partial charge in [-0.1, -0.05) is 185 Å². The van der Waals surface area contributed by atoms with Crippen LogP contribution in [0.4, 0.5) is 0 Å². The second-order valence-corrected chi connectivity index (χ2v) is 14.6. The Morgan fingerprint density at radius 1 is 0.512 bits per heavy atom. The first-order valence-corrected chi connectivity index (χ1v) is 17.3. The van der Waals surface area contributed by atoms with Crippen molar-refractivity contribution in [2.45, 2.75) is 128 Å². The third kappa shape index (κ3) is 20.2. The van der Waals surface area contributed by atoms with E-state index < -0.39 is 10.1 Å². The van der Waals surface area contributed by atoms with Gasteiger partial charge in [-0.2, -0.15) is 8.42 Å². The van der Waals surface area contributed by atoms with Gasteiger partial charge in [-0.25, -0.2) is 0 Å². The van der Waals surface area contributed by atoms with Crippen LogP contribution in [0.1, 0.15) is 124 Å². The van der Waals surface area contributed by atoms with Crippen molar-refractivity contribution in [2.24, 2.45) is 0 Å². The first-order chi connectivity index (χ1) is 19.9. The van der Waals surface area contributed by atoms with E-state index >= 15 is 0 Å². The van der Waals surface area contributed by atoms with Crippen LogP contribution >= 0.6 is 0 Å². The molecule has 0 spiro atoms. The molecule has 0 amide bonds. The van der Waals surface area contributed by atoms with Crippen molar-refractivity contribution in [3.8, 4) is 0 Å². The van der Waals surface area contributed by atoms with Crippen LogP contribution in [-0.4, -0.2) is 41.2 Å². The summed E-state index contributed by atoms with van der Waals surface area (Å²) in [4.78, 5) is 0.238. The van der Waals surface area contributed by atoms with Gasteiger partial charge in [0.15, 0.2) is 0 Å². The van der Waals surface area contributed by atoms with Crippen LogP contribution in [0, 0.1) is 0 Å². The van der Waals surface area contributed by atoms with Gasteiger partial charge in [0, 0.05) is 26.2 Å². The van der Waals surface area contributed by atoms with E-state index in [0.717, 1.165) is 12.8 Å². The summed E-state index contributed by atoms with van der Waals surface area (Å²) in [6.07, 6.45) is 12.3. The van der Waals surface area contributed by atoms with Crippen molar-refractivity contribution in [2.75, 3.05) is 6.61 Å². The average molecular weight is 804 g/mol. The average Bonchev–Trinajstić information content (AvgIpc) is 2.97. The number of benzene rings is 3. The fraction of sp³-hybridized carbons (Fsp3) is 0.526. The summed E-state index contributed by atoms with van der Waals surface area (Å²) in [6.45, 7) is 15.9. The van der Waals surface area contributed by atoms with Crippen molar-refractivity contribution < 1.29 is 12.6 Å². The van der Waals surface area contributed by atoms with Crippen LogP contribution < -0.4 is 0 Å². The SMILES string of the molecule is CC(C)(C)c1ccccc1.CC(C)(C)c1ccccc1.CCCCCCCCCCCCOS(=O)(=O)c1ccccc1.[Bi]. The fourth-order valence-corrected chi connectivity index (χ4v) is 5.25. The molecule has 0 heterocycles. The van der Waals surface area contributed by atoms with Gasteiger partial charge in [0.1, 0.15) is 0 Å². The molecule has 5 heteroatoms. The van der Waals surface area contributed by atoms with E-state index in [-0.39, 0.29) is 37.7 Å². The molecule has 3 aromatic rings. The second-order valence-electron chi connectivity index (χ2n) is 13.0. The summed E-state index contributed by atoms with van der Waals surface area (Å²) in [6, 6.07) is 29.4. The molecule has 0 atom stereocenters. The zero-order chi connectivity index (χ0) is 31.3. The predicted octanol–water partition coefficient (Wildman–Crippen LogP) is 10.9. The van der Waals surface area contributed by atoms with Crippen LogP contribution in [0.15, 0.2) is 95.9 Å². The third-order valence-corrected chi connectivity index (χ3v) is 8.37.